The molecular formula is C14H21NO2. The van der Waals surface area contributed by atoms with Crippen LogP contribution in [-0.2, 0) is 11.3 Å². The topological polar surface area (TPSA) is 30.5 Å². The molecule has 0 saturated heterocycles. The first-order valence-electron chi connectivity index (χ1n) is 5.89. The molecule has 0 heterocycles. The van der Waals surface area contributed by atoms with Gasteiger partial charge >= 0.3 is 0 Å². The monoisotopic (exact) mass is 235 g/mol. The first-order chi connectivity index (χ1) is 8.36. The maximum atomic E-state index is 5.59. The van der Waals surface area contributed by atoms with E-state index in [4.69, 9.17) is 9.47 Å². The van der Waals surface area contributed by atoms with Crippen LogP contribution in [0.1, 0.15) is 12.0 Å². The molecule has 1 aromatic carbocycles. The summed E-state index contributed by atoms with van der Waals surface area (Å²) < 4.78 is 10.6. The van der Waals surface area contributed by atoms with Crippen molar-refractivity contribution >= 4 is 0 Å². The maximum absolute atomic E-state index is 5.59. The van der Waals surface area contributed by atoms with E-state index in [9.17, 15) is 0 Å². The molecule has 0 unspecified atom stereocenters. The van der Waals surface area contributed by atoms with Crippen LogP contribution in [-0.4, -0.2) is 26.9 Å². The van der Waals surface area contributed by atoms with Crippen molar-refractivity contribution in [1.29, 1.82) is 0 Å². The fourth-order valence-corrected chi connectivity index (χ4v) is 1.41. The van der Waals surface area contributed by atoms with Crippen LogP contribution in [0.2, 0.25) is 0 Å². The molecule has 3 heteroatoms. The fourth-order valence-electron chi connectivity index (χ4n) is 1.41. The second-order valence-electron chi connectivity index (χ2n) is 3.74. The van der Waals surface area contributed by atoms with Gasteiger partial charge in [-0.25, -0.2) is 0 Å². The first-order valence-corrected chi connectivity index (χ1v) is 5.89. The Morgan fingerprint density at radius 3 is 3.00 bits per heavy atom. The SMILES string of the molecule is C=CCCOc1cccc(CNCCOC)c1. The van der Waals surface area contributed by atoms with Gasteiger partial charge in [-0.05, 0) is 24.1 Å². The quantitative estimate of drug-likeness (QED) is 0.526. The maximum Gasteiger partial charge on any atom is 0.119 e. The third-order valence-corrected chi connectivity index (χ3v) is 2.30. The summed E-state index contributed by atoms with van der Waals surface area (Å²) in [6, 6.07) is 8.13. The van der Waals surface area contributed by atoms with Gasteiger partial charge in [0.15, 0.2) is 0 Å². The van der Waals surface area contributed by atoms with Gasteiger partial charge in [0.2, 0.25) is 0 Å². The van der Waals surface area contributed by atoms with E-state index in [0.29, 0.717) is 6.61 Å². The molecular weight excluding hydrogens is 214 g/mol. The zero-order valence-electron chi connectivity index (χ0n) is 10.4. The van der Waals surface area contributed by atoms with Crippen molar-refractivity contribution in [2.45, 2.75) is 13.0 Å². The normalized spacial score (nSPS) is 10.2. The first kappa shape index (κ1) is 13.7. The van der Waals surface area contributed by atoms with E-state index in [1.165, 1.54) is 5.56 Å². The standard InChI is InChI=1S/C14H21NO2/c1-3-4-9-17-14-7-5-6-13(11-14)12-15-8-10-16-2/h3,5-7,11,15H,1,4,8-10,12H2,2H3. The number of methoxy groups -OCH3 is 1. The van der Waals surface area contributed by atoms with Gasteiger partial charge in [0.1, 0.15) is 5.75 Å². The third-order valence-electron chi connectivity index (χ3n) is 2.30. The summed E-state index contributed by atoms with van der Waals surface area (Å²) in [6.45, 7) is 6.78. The Hall–Kier alpha value is -1.32. The number of hydrogen-bond acceptors (Lipinski definition) is 3. The molecule has 0 spiro atoms. The second-order valence-corrected chi connectivity index (χ2v) is 3.74. The smallest absolute Gasteiger partial charge is 0.119 e. The molecule has 0 aromatic heterocycles. The molecule has 1 aromatic rings. The van der Waals surface area contributed by atoms with Gasteiger partial charge in [0, 0.05) is 20.2 Å². The minimum absolute atomic E-state index is 0.685. The highest BCUT2D eigenvalue weighted by molar-refractivity contribution is 5.28. The summed E-state index contributed by atoms with van der Waals surface area (Å²) in [7, 11) is 1.70. The van der Waals surface area contributed by atoms with Crippen molar-refractivity contribution < 1.29 is 9.47 Å². The van der Waals surface area contributed by atoms with Gasteiger partial charge in [-0.15, -0.1) is 6.58 Å². The zero-order valence-corrected chi connectivity index (χ0v) is 10.4. The molecule has 0 aliphatic heterocycles. The lowest BCUT2D eigenvalue weighted by Gasteiger charge is -2.08. The molecule has 0 bridgehead atoms. The highest BCUT2D eigenvalue weighted by atomic mass is 16.5. The summed E-state index contributed by atoms with van der Waals surface area (Å²) in [5.41, 5.74) is 1.22. The molecule has 0 saturated carbocycles. The molecule has 0 atom stereocenters. The molecule has 0 radical (unpaired) electrons. The van der Waals surface area contributed by atoms with Crippen LogP contribution in [0.25, 0.3) is 0 Å². The lowest BCUT2D eigenvalue weighted by atomic mass is 10.2. The van der Waals surface area contributed by atoms with Crippen molar-refractivity contribution in [2.24, 2.45) is 0 Å². The number of nitrogens with one attached hydrogen (secondary N) is 1. The molecule has 1 N–H and O–H groups in total. The lowest BCUT2D eigenvalue weighted by Crippen LogP contribution is -2.18. The summed E-state index contributed by atoms with van der Waals surface area (Å²) in [6.07, 6.45) is 2.73. The van der Waals surface area contributed by atoms with Gasteiger partial charge in [-0.3, -0.25) is 0 Å². The van der Waals surface area contributed by atoms with E-state index in [-0.39, 0.29) is 0 Å². The van der Waals surface area contributed by atoms with Gasteiger partial charge in [-0.1, -0.05) is 18.2 Å². The molecule has 0 aliphatic carbocycles. The lowest BCUT2D eigenvalue weighted by molar-refractivity contribution is 0.199. The molecule has 0 aliphatic rings. The van der Waals surface area contributed by atoms with Crippen molar-refractivity contribution in [2.75, 3.05) is 26.9 Å². The number of hydrogen-bond donors (Lipinski definition) is 1. The molecule has 94 valence electrons. The van der Waals surface area contributed by atoms with Gasteiger partial charge < -0.3 is 14.8 Å². The molecule has 0 fully saturated rings. The van der Waals surface area contributed by atoms with E-state index in [1.807, 2.05) is 18.2 Å². The van der Waals surface area contributed by atoms with Crippen LogP contribution < -0.4 is 10.1 Å². The van der Waals surface area contributed by atoms with Gasteiger partial charge in [-0.2, -0.15) is 0 Å². The molecule has 1 rings (SSSR count). The van der Waals surface area contributed by atoms with E-state index in [2.05, 4.69) is 24.0 Å². The molecule has 0 amide bonds. The fraction of sp³-hybridized carbons (Fsp3) is 0.429. The predicted molar refractivity (Wildman–Crippen MR) is 70.3 cm³/mol. The van der Waals surface area contributed by atoms with Crippen molar-refractivity contribution in [1.82, 2.24) is 5.32 Å². The number of benzene rings is 1. The van der Waals surface area contributed by atoms with Gasteiger partial charge in [0.05, 0.1) is 13.2 Å². The van der Waals surface area contributed by atoms with Crippen molar-refractivity contribution in [3.8, 4) is 5.75 Å². The van der Waals surface area contributed by atoms with Crippen molar-refractivity contribution in [3.63, 3.8) is 0 Å². The Balaban J connectivity index is 2.34. The Morgan fingerprint density at radius 1 is 1.35 bits per heavy atom. The van der Waals surface area contributed by atoms with E-state index < -0.39 is 0 Å². The minimum atomic E-state index is 0.685. The van der Waals surface area contributed by atoms with Crippen molar-refractivity contribution in [3.05, 3.63) is 42.5 Å². The zero-order chi connectivity index (χ0) is 12.3. The predicted octanol–water partition coefficient (Wildman–Crippen LogP) is 2.38. The van der Waals surface area contributed by atoms with Gasteiger partial charge in [0.25, 0.3) is 0 Å². The minimum Gasteiger partial charge on any atom is -0.493 e. The number of ether oxygens (including phenoxy) is 2. The summed E-state index contributed by atoms with van der Waals surface area (Å²) in [5.74, 6) is 0.915. The van der Waals surface area contributed by atoms with Crippen LogP contribution in [0.4, 0.5) is 0 Å². The summed E-state index contributed by atoms with van der Waals surface area (Å²) in [5, 5.41) is 3.30. The average Bonchev–Trinajstić information content (AvgIpc) is 2.36. The van der Waals surface area contributed by atoms with Crippen LogP contribution in [0.3, 0.4) is 0 Å². The third kappa shape index (κ3) is 6.09. The van der Waals surface area contributed by atoms with E-state index in [0.717, 1.165) is 31.9 Å². The Kier molecular flexibility index (Phi) is 7.11. The Labute approximate surface area is 103 Å². The van der Waals surface area contributed by atoms with Crippen LogP contribution in [0.15, 0.2) is 36.9 Å². The van der Waals surface area contributed by atoms with Crippen LogP contribution >= 0.6 is 0 Å². The average molecular weight is 235 g/mol. The molecule has 17 heavy (non-hydrogen) atoms. The van der Waals surface area contributed by atoms with Crippen LogP contribution in [0.5, 0.6) is 5.75 Å². The second kappa shape index (κ2) is 8.79. The van der Waals surface area contributed by atoms with E-state index >= 15 is 0 Å². The highest BCUT2D eigenvalue weighted by Gasteiger charge is 1.96. The van der Waals surface area contributed by atoms with E-state index in [1.54, 1.807) is 7.11 Å². The molecule has 3 nitrogen and oxygen atoms in total. The Bertz CT molecular complexity index is 326. The summed E-state index contributed by atoms with van der Waals surface area (Å²) in [4.78, 5) is 0. The Morgan fingerprint density at radius 2 is 2.24 bits per heavy atom. The van der Waals surface area contributed by atoms with Crippen LogP contribution in [0, 0.1) is 0 Å². The number of rotatable bonds is 9. The highest BCUT2D eigenvalue weighted by Crippen LogP contribution is 2.13. The summed E-state index contributed by atoms with van der Waals surface area (Å²) >= 11 is 0. The largest absolute Gasteiger partial charge is 0.493 e.